The molecule has 0 unspecified atom stereocenters. The highest BCUT2D eigenvalue weighted by molar-refractivity contribution is 6.35. The first-order chi connectivity index (χ1) is 15.2. The first-order valence-corrected chi connectivity index (χ1v) is 12.0. The average molecular weight is 421 g/mol. The van der Waals surface area contributed by atoms with E-state index in [0.717, 1.165) is 36.8 Å². The number of hydrogen-bond donors (Lipinski definition) is 2. The Morgan fingerprint density at radius 3 is 1.48 bits per heavy atom. The van der Waals surface area contributed by atoms with Crippen LogP contribution in [0.5, 0.6) is 0 Å². The molecule has 0 radical (unpaired) electrons. The van der Waals surface area contributed by atoms with Crippen LogP contribution < -0.4 is 10.6 Å². The Hall–Kier alpha value is -2.62. The predicted octanol–water partition coefficient (Wildman–Crippen LogP) is 5.68. The molecule has 2 aromatic rings. The van der Waals surface area contributed by atoms with Gasteiger partial charge < -0.3 is 10.6 Å². The SMILES string of the molecule is O=C(NC1CCCCCCCCCCC1)C(=O)NC(c1ccccc1)c1ccccc1. The monoisotopic (exact) mass is 420 g/mol. The third-order valence-corrected chi connectivity index (χ3v) is 6.19. The van der Waals surface area contributed by atoms with Gasteiger partial charge in [0.05, 0.1) is 6.04 Å². The van der Waals surface area contributed by atoms with Gasteiger partial charge >= 0.3 is 11.8 Å². The number of amides is 2. The number of nitrogens with one attached hydrogen (secondary N) is 2. The van der Waals surface area contributed by atoms with E-state index in [1.807, 2.05) is 60.7 Å². The van der Waals surface area contributed by atoms with Gasteiger partial charge in [-0.25, -0.2) is 0 Å². The van der Waals surface area contributed by atoms with Gasteiger partial charge in [-0.2, -0.15) is 0 Å². The van der Waals surface area contributed by atoms with Crippen molar-refractivity contribution in [2.45, 2.75) is 82.7 Å². The standard InChI is InChI=1S/C27H36N2O2/c30-26(28-24-20-14-6-4-2-1-3-5-7-15-21-24)27(31)29-25(22-16-10-8-11-17-22)23-18-12-9-13-19-23/h8-13,16-19,24-25H,1-7,14-15,20-21H2,(H,28,30)(H,29,31). The number of rotatable bonds is 4. The molecule has 2 amide bonds. The van der Waals surface area contributed by atoms with Gasteiger partial charge in [0.15, 0.2) is 0 Å². The Morgan fingerprint density at radius 2 is 1.03 bits per heavy atom. The smallest absolute Gasteiger partial charge is 0.310 e. The van der Waals surface area contributed by atoms with Crippen molar-refractivity contribution in [3.63, 3.8) is 0 Å². The first-order valence-electron chi connectivity index (χ1n) is 12.0. The van der Waals surface area contributed by atoms with Crippen molar-refractivity contribution in [3.05, 3.63) is 71.8 Å². The van der Waals surface area contributed by atoms with Crippen LogP contribution in [0.3, 0.4) is 0 Å². The van der Waals surface area contributed by atoms with Crippen LogP contribution in [0.2, 0.25) is 0 Å². The maximum atomic E-state index is 12.8. The zero-order valence-electron chi connectivity index (χ0n) is 18.5. The first kappa shape index (κ1) is 23.1. The lowest BCUT2D eigenvalue weighted by Crippen LogP contribution is -2.45. The molecule has 0 atom stereocenters. The molecule has 4 heteroatoms. The lowest BCUT2D eigenvalue weighted by Gasteiger charge is -2.22. The summed E-state index contributed by atoms with van der Waals surface area (Å²) >= 11 is 0. The fourth-order valence-electron chi connectivity index (χ4n) is 4.41. The molecule has 3 rings (SSSR count). The lowest BCUT2D eigenvalue weighted by atomic mass is 9.97. The summed E-state index contributed by atoms with van der Waals surface area (Å²) in [6, 6.07) is 19.3. The summed E-state index contributed by atoms with van der Waals surface area (Å²) < 4.78 is 0. The van der Waals surface area contributed by atoms with Crippen molar-refractivity contribution in [2.75, 3.05) is 0 Å². The summed E-state index contributed by atoms with van der Waals surface area (Å²) in [6.45, 7) is 0. The van der Waals surface area contributed by atoms with Gasteiger partial charge in [0.2, 0.25) is 0 Å². The Kier molecular flexibility index (Phi) is 9.62. The van der Waals surface area contributed by atoms with E-state index in [0.29, 0.717) is 0 Å². The van der Waals surface area contributed by atoms with Crippen molar-refractivity contribution >= 4 is 11.8 Å². The second-order valence-corrected chi connectivity index (χ2v) is 8.66. The van der Waals surface area contributed by atoms with Crippen LogP contribution in [-0.4, -0.2) is 17.9 Å². The van der Waals surface area contributed by atoms with Crippen LogP contribution in [0.1, 0.15) is 87.8 Å². The second-order valence-electron chi connectivity index (χ2n) is 8.66. The van der Waals surface area contributed by atoms with E-state index in [4.69, 9.17) is 0 Å². The highest BCUT2D eigenvalue weighted by Gasteiger charge is 2.23. The molecule has 0 spiro atoms. The molecular formula is C27H36N2O2. The van der Waals surface area contributed by atoms with Crippen molar-refractivity contribution in [1.82, 2.24) is 10.6 Å². The summed E-state index contributed by atoms with van der Waals surface area (Å²) in [7, 11) is 0. The minimum absolute atomic E-state index is 0.0876. The maximum absolute atomic E-state index is 12.8. The van der Waals surface area contributed by atoms with Crippen LogP contribution in [0.25, 0.3) is 0 Å². The van der Waals surface area contributed by atoms with Gasteiger partial charge in [-0.15, -0.1) is 0 Å². The fraction of sp³-hybridized carbons (Fsp3) is 0.481. The molecule has 31 heavy (non-hydrogen) atoms. The lowest BCUT2D eigenvalue weighted by molar-refractivity contribution is -0.140. The summed E-state index contributed by atoms with van der Waals surface area (Å²) in [5.74, 6) is -1.09. The maximum Gasteiger partial charge on any atom is 0.310 e. The molecule has 1 aliphatic carbocycles. The summed E-state index contributed by atoms with van der Waals surface area (Å²) in [5.41, 5.74) is 1.92. The number of carbonyl (C=O) groups excluding carboxylic acids is 2. The van der Waals surface area contributed by atoms with E-state index >= 15 is 0 Å². The quantitative estimate of drug-likeness (QED) is 0.625. The largest absolute Gasteiger partial charge is 0.345 e. The van der Waals surface area contributed by atoms with E-state index in [2.05, 4.69) is 10.6 Å². The van der Waals surface area contributed by atoms with Crippen molar-refractivity contribution < 1.29 is 9.59 Å². The van der Waals surface area contributed by atoms with Crippen LogP contribution in [0.4, 0.5) is 0 Å². The Balaban J connectivity index is 1.62. The Bertz CT molecular complexity index is 740. The van der Waals surface area contributed by atoms with E-state index in [1.165, 1.54) is 44.9 Å². The molecule has 0 bridgehead atoms. The summed E-state index contributed by atoms with van der Waals surface area (Å²) in [4.78, 5) is 25.6. The van der Waals surface area contributed by atoms with Crippen LogP contribution in [0, 0.1) is 0 Å². The van der Waals surface area contributed by atoms with Gasteiger partial charge in [0, 0.05) is 6.04 Å². The zero-order chi connectivity index (χ0) is 21.7. The van der Waals surface area contributed by atoms with Crippen LogP contribution in [0.15, 0.2) is 60.7 Å². The molecule has 166 valence electrons. The van der Waals surface area contributed by atoms with E-state index in [9.17, 15) is 9.59 Å². The highest BCUT2D eigenvalue weighted by atomic mass is 16.2. The molecular weight excluding hydrogens is 384 g/mol. The molecule has 0 saturated heterocycles. The second kappa shape index (κ2) is 12.9. The van der Waals surface area contributed by atoms with Crippen LogP contribution in [-0.2, 0) is 9.59 Å². The minimum atomic E-state index is -0.566. The summed E-state index contributed by atoms with van der Waals surface area (Å²) in [5, 5.41) is 5.98. The molecule has 2 aromatic carbocycles. The number of benzene rings is 2. The molecule has 2 N–H and O–H groups in total. The predicted molar refractivity (Wildman–Crippen MR) is 126 cm³/mol. The normalized spacial score (nSPS) is 16.7. The van der Waals surface area contributed by atoms with Crippen molar-refractivity contribution in [3.8, 4) is 0 Å². The third kappa shape index (κ3) is 7.86. The molecule has 1 saturated carbocycles. The topological polar surface area (TPSA) is 58.2 Å². The molecule has 0 aromatic heterocycles. The third-order valence-electron chi connectivity index (χ3n) is 6.19. The van der Waals surface area contributed by atoms with Gasteiger partial charge in [-0.1, -0.05) is 118 Å². The molecule has 1 aliphatic rings. The molecule has 0 heterocycles. The number of hydrogen-bond acceptors (Lipinski definition) is 2. The minimum Gasteiger partial charge on any atom is -0.345 e. The summed E-state index contributed by atoms with van der Waals surface area (Å²) in [6.07, 6.45) is 13.1. The zero-order valence-corrected chi connectivity index (χ0v) is 18.5. The van der Waals surface area contributed by atoms with Gasteiger partial charge in [-0.3, -0.25) is 9.59 Å². The Morgan fingerprint density at radius 1 is 0.613 bits per heavy atom. The Labute approximate surface area is 186 Å². The van der Waals surface area contributed by atoms with E-state index < -0.39 is 11.8 Å². The van der Waals surface area contributed by atoms with Gasteiger partial charge in [0.1, 0.15) is 0 Å². The van der Waals surface area contributed by atoms with Crippen LogP contribution >= 0.6 is 0 Å². The molecule has 4 nitrogen and oxygen atoms in total. The average Bonchev–Trinajstić information content (AvgIpc) is 2.80. The molecule has 0 aliphatic heterocycles. The van der Waals surface area contributed by atoms with Crippen molar-refractivity contribution in [2.24, 2.45) is 0 Å². The highest BCUT2D eigenvalue weighted by Crippen LogP contribution is 2.22. The molecule has 1 fully saturated rings. The number of carbonyl (C=O) groups is 2. The van der Waals surface area contributed by atoms with E-state index in [-0.39, 0.29) is 12.1 Å². The van der Waals surface area contributed by atoms with Gasteiger partial charge in [-0.05, 0) is 24.0 Å². The fourth-order valence-corrected chi connectivity index (χ4v) is 4.41. The van der Waals surface area contributed by atoms with E-state index in [1.54, 1.807) is 0 Å². The van der Waals surface area contributed by atoms with Gasteiger partial charge in [0.25, 0.3) is 0 Å². The van der Waals surface area contributed by atoms with Crippen molar-refractivity contribution in [1.29, 1.82) is 0 Å².